The molecule has 6 heteroatoms. The van der Waals surface area contributed by atoms with Crippen molar-refractivity contribution in [3.63, 3.8) is 0 Å². The molecule has 0 saturated heterocycles. The molecule has 0 aromatic heterocycles. The molecule has 0 fully saturated rings. The highest BCUT2D eigenvalue weighted by Gasteiger charge is 2.35. The average molecular weight is 705 g/mol. The Labute approximate surface area is 310 Å². The molecular formula is C48H32O6. The van der Waals surface area contributed by atoms with E-state index in [4.69, 9.17) is 4.74 Å². The third-order valence-electron chi connectivity index (χ3n) is 10.9. The molecule has 54 heavy (non-hydrogen) atoms. The van der Waals surface area contributed by atoms with Crippen molar-refractivity contribution in [3.05, 3.63) is 157 Å². The summed E-state index contributed by atoms with van der Waals surface area (Å²) >= 11 is 0. The summed E-state index contributed by atoms with van der Waals surface area (Å²) in [5.41, 5.74) is 9.23. The molecule has 0 saturated carbocycles. The highest BCUT2D eigenvalue weighted by molar-refractivity contribution is 6.22. The van der Waals surface area contributed by atoms with E-state index in [-0.39, 0.29) is 11.7 Å². The highest BCUT2D eigenvalue weighted by atomic mass is 16.5. The predicted octanol–water partition coefficient (Wildman–Crippen LogP) is 11.3. The zero-order chi connectivity index (χ0) is 36.7. The van der Waals surface area contributed by atoms with Crippen LogP contribution in [-0.4, -0.2) is 31.6 Å². The van der Waals surface area contributed by atoms with Gasteiger partial charge in [-0.05, 0) is 78.0 Å². The first-order chi connectivity index (χ1) is 26.4. The summed E-state index contributed by atoms with van der Waals surface area (Å²) in [6.45, 7) is 0. The minimum Gasteiger partial charge on any atom is -0.504 e. The van der Waals surface area contributed by atoms with Gasteiger partial charge in [0.15, 0.2) is 11.5 Å². The van der Waals surface area contributed by atoms with E-state index < -0.39 is 28.7 Å². The molecule has 0 radical (unpaired) electrons. The van der Waals surface area contributed by atoms with E-state index in [2.05, 4.69) is 115 Å². The van der Waals surface area contributed by atoms with Gasteiger partial charge in [-0.15, -0.1) is 0 Å². The first kappa shape index (κ1) is 31.5. The lowest BCUT2D eigenvalue weighted by molar-refractivity contribution is 0.282. The summed E-state index contributed by atoms with van der Waals surface area (Å²) in [7, 11) is 0. The second-order valence-corrected chi connectivity index (χ2v) is 13.9. The number of phenolic OH excluding ortho intramolecular Hbond substituents is 5. The number of phenols is 5. The Balaban J connectivity index is 1.18. The van der Waals surface area contributed by atoms with Gasteiger partial charge < -0.3 is 30.3 Å². The second-order valence-electron chi connectivity index (χ2n) is 13.9. The van der Waals surface area contributed by atoms with Gasteiger partial charge in [-0.25, -0.2) is 0 Å². The Morgan fingerprint density at radius 3 is 1.70 bits per heavy atom. The van der Waals surface area contributed by atoms with Crippen molar-refractivity contribution in [3.8, 4) is 67.9 Å². The lowest BCUT2D eigenvalue weighted by Gasteiger charge is -2.23. The number of ether oxygens (including phenoxy) is 1. The van der Waals surface area contributed by atoms with E-state index in [0.29, 0.717) is 12.0 Å². The lowest BCUT2D eigenvalue weighted by atomic mass is 9.80. The normalized spacial score (nSPS) is 14.8. The van der Waals surface area contributed by atoms with Gasteiger partial charge in [-0.3, -0.25) is 0 Å². The van der Waals surface area contributed by atoms with Crippen LogP contribution in [0.1, 0.15) is 17.5 Å². The van der Waals surface area contributed by atoms with Gasteiger partial charge in [0.25, 0.3) is 0 Å². The second kappa shape index (κ2) is 11.9. The first-order valence-corrected chi connectivity index (χ1v) is 17.8. The maximum absolute atomic E-state index is 10.6. The molecule has 1 unspecified atom stereocenters. The Kier molecular flexibility index (Phi) is 6.97. The van der Waals surface area contributed by atoms with Crippen LogP contribution in [0, 0.1) is 0 Å². The summed E-state index contributed by atoms with van der Waals surface area (Å²) in [6.07, 6.45) is 4.92. The SMILES string of the molecule is Oc1c(O)c(O)c(-c2ccc3c4c(ccc3c2)C2=C(c3c5ccccc5c(-c5cccc(-c6ccccc6)c5)c5ccccc35)C=CCC2O4)c(O)c1O. The van der Waals surface area contributed by atoms with Crippen molar-refractivity contribution < 1.29 is 30.3 Å². The van der Waals surface area contributed by atoms with E-state index in [1.54, 1.807) is 12.1 Å². The third-order valence-corrected chi connectivity index (χ3v) is 10.9. The van der Waals surface area contributed by atoms with Gasteiger partial charge in [-0.1, -0.05) is 133 Å². The topological polar surface area (TPSA) is 110 Å². The minimum atomic E-state index is -0.992. The van der Waals surface area contributed by atoms with Gasteiger partial charge in [0.2, 0.25) is 17.2 Å². The maximum atomic E-state index is 10.6. The molecule has 0 bridgehead atoms. The molecule has 5 N–H and O–H groups in total. The van der Waals surface area contributed by atoms with E-state index in [1.165, 1.54) is 27.5 Å². The number of hydrogen-bond donors (Lipinski definition) is 5. The number of aromatic hydroxyl groups is 5. The van der Waals surface area contributed by atoms with Crippen molar-refractivity contribution >= 4 is 43.5 Å². The van der Waals surface area contributed by atoms with Crippen LogP contribution in [0.4, 0.5) is 0 Å². The molecule has 8 aromatic carbocycles. The van der Waals surface area contributed by atoms with Crippen LogP contribution in [-0.2, 0) is 0 Å². The largest absolute Gasteiger partial charge is 0.504 e. The van der Waals surface area contributed by atoms with Gasteiger partial charge >= 0.3 is 0 Å². The third kappa shape index (κ3) is 4.60. The van der Waals surface area contributed by atoms with E-state index in [9.17, 15) is 25.5 Å². The standard InChI is InChI=1S/C48H32O6/c49-43-40(44(50)46(52)47(53)45(43)51)30-21-22-31-28(25-30)20-23-37-42-36(18-9-19-38(42)54-48(31)37)41-34-16-6-4-14-32(34)39(33-15-5-7-17-35(33)41)29-13-8-12-27(24-29)26-10-2-1-3-11-26/h1-18,20-25,38,49-53H,19H2. The average Bonchev–Trinajstić information content (AvgIpc) is 3.61. The van der Waals surface area contributed by atoms with Crippen molar-refractivity contribution in [1.29, 1.82) is 0 Å². The van der Waals surface area contributed by atoms with Crippen LogP contribution >= 0.6 is 0 Å². The molecule has 0 spiro atoms. The number of rotatable bonds is 4. The molecule has 6 nitrogen and oxygen atoms in total. The fourth-order valence-corrected chi connectivity index (χ4v) is 8.45. The summed E-state index contributed by atoms with van der Waals surface area (Å²) in [6, 6.07) is 45.8. The summed E-state index contributed by atoms with van der Waals surface area (Å²) in [4.78, 5) is 0. The molecule has 10 rings (SSSR count). The number of allylic oxidation sites excluding steroid dienone is 2. The van der Waals surface area contributed by atoms with Crippen LogP contribution < -0.4 is 4.74 Å². The van der Waals surface area contributed by atoms with Crippen molar-refractivity contribution in [1.82, 2.24) is 0 Å². The fraction of sp³-hybridized carbons (Fsp3) is 0.0417. The highest BCUT2D eigenvalue weighted by Crippen LogP contribution is 2.56. The van der Waals surface area contributed by atoms with E-state index in [0.717, 1.165) is 55.1 Å². The smallest absolute Gasteiger partial charge is 0.208 e. The molecule has 2 aliphatic rings. The van der Waals surface area contributed by atoms with Gasteiger partial charge in [0.1, 0.15) is 11.9 Å². The summed E-state index contributed by atoms with van der Waals surface area (Å²) in [5.74, 6) is -3.55. The Hall–Kier alpha value is -7.18. The Bertz CT molecular complexity index is 2850. The van der Waals surface area contributed by atoms with E-state index >= 15 is 0 Å². The van der Waals surface area contributed by atoms with Gasteiger partial charge in [-0.2, -0.15) is 0 Å². The first-order valence-electron chi connectivity index (χ1n) is 17.8. The van der Waals surface area contributed by atoms with Crippen molar-refractivity contribution in [2.45, 2.75) is 12.5 Å². The number of hydrogen-bond acceptors (Lipinski definition) is 6. The number of benzene rings is 8. The predicted molar refractivity (Wildman–Crippen MR) is 215 cm³/mol. The van der Waals surface area contributed by atoms with Gasteiger partial charge in [0.05, 0.1) is 5.56 Å². The quantitative estimate of drug-likeness (QED) is 0.0709. The monoisotopic (exact) mass is 704 g/mol. The van der Waals surface area contributed by atoms with E-state index in [1.807, 2.05) is 18.2 Å². The number of fused-ring (bicyclic) bond motifs is 7. The van der Waals surface area contributed by atoms with Gasteiger partial charge in [0, 0.05) is 22.9 Å². The fourth-order valence-electron chi connectivity index (χ4n) is 8.45. The molecule has 1 aliphatic heterocycles. The van der Waals surface area contributed by atoms with Crippen LogP contribution in [0.2, 0.25) is 0 Å². The molecule has 260 valence electrons. The van der Waals surface area contributed by atoms with Crippen molar-refractivity contribution in [2.75, 3.05) is 0 Å². The van der Waals surface area contributed by atoms with Crippen LogP contribution in [0.3, 0.4) is 0 Å². The maximum Gasteiger partial charge on any atom is 0.208 e. The van der Waals surface area contributed by atoms with Crippen LogP contribution in [0.5, 0.6) is 34.5 Å². The van der Waals surface area contributed by atoms with Crippen molar-refractivity contribution in [2.24, 2.45) is 0 Å². The molecule has 1 aliphatic carbocycles. The molecular weight excluding hydrogens is 673 g/mol. The zero-order valence-corrected chi connectivity index (χ0v) is 28.8. The Morgan fingerprint density at radius 2 is 1.02 bits per heavy atom. The molecule has 1 atom stereocenters. The lowest BCUT2D eigenvalue weighted by Crippen LogP contribution is -2.14. The summed E-state index contributed by atoms with van der Waals surface area (Å²) < 4.78 is 6.77. The molecule has 1 heterocycles. The Morgan fingerprint density at radius 1 is 0.444 bits per heavy atom. The van der Waals surface area contributed by atoms with Crippen LogP contribution in [0.25, 0.3) is 76.8 Å². The minimum absolute atomic E-state index is 0.192. The zero-order valence-electron chi connectivity index (χ0n) is 28.8. The molecule has 8 aromatic rings. The van der Waals surface area contributed by atoms with Crippen LogP contribution in [0.15, 0.2) is 146 Å². The summed E-state index contributed by atoms with van der Waals surface area (Å²) in [5, 5.41) is 57.8. The molecule has 0 amide bonds.